The molecule has 1 N–H and O–H groups in total. The molecule has 0 saturated heterocycles. The Hall–Kier alpha value is -1.16. The fraction of sp³-hybridized carbons (Fsp3) is 0.750. The van der Waals surface area contributed by atoms with Gasteiger partial charge in [0.15, 0.2) is 0 Å². The van der Waals surface area contributed by atoms with Crippen LogP contribution < -0.4 is 10.1 Å². The van der Waals surface area contributed by atoms with Crippen LogP contribution in [0.15, 0.2) is 12.1 Å². The van der Waals surface area contributed by atoms with Gasteiger partial charge in [-0.25, -0.2) is 0 Å². The molecule has 0 bridgehead atoms. The van der Waals surface area contributed by atoms with Crippen LogP contribution in [0.25, 0.3) is 0 Å². The molecule has 1 saturated carbocycles. The van der Waals surface area contributed by atoms with Crippen molar-refractivity contribution >= 4 is 0 Å². The molecule has 1 aliphatic carbocycles. The molecule has 2 atom stereocenters. The summed E-state index contributed by atoms with van der Waals surface area (Å²) in [6.45, 7) is 8.55. The van der Waals surface area contributed by atoms with Gasteiger partial charge in [0, 0.05) is 12.6 Å². The third-order valence-electron chi connectivity index (χ3n) is 3.85. The second-order valence-electron chi connectivity index (χ2n) is 6.20. The summed E-state index contributed by atoms with van der Waals surface area (Å²) in [5.41, 5.74) is 0.969. The molecule has 0 amide bonds. The lowest BCUT2D eigenvalue weighted by Crippen LogP contribution is -2.28. The van der Waals surface area contributed by atoms with Crippen LogP contribution in [0.1, 0.15) is 52.1 Å². The van der Waals surface area contributed by atoms with Crippen molar-refractivity contribution in [2.75, 3.05) is 6.54 Å². The standard InChI is InChI=1S/C16H27N3O/c1-4-7-17-11-14-5-6-16(19-18-14)20-15-9-12(2)8-13(3)10-15/h5-6,12-13,15,17H,4,7-11H2,1-3H3. The van der Waals surface area contributed by atoms with E-state index in [0.29, 0.717) is 12.0 Å². The summed E-state index contributed by atoms with van der Waals surface area (Å²) in [5.74, 6) is 2.15. The Morgan fingerprint density at radius 1 is 1.15 bits per heavy atom. The van der Waals surface area contributed by atoms with E-state index >= 15 is 0 Å². The smallest absolute Gasteiger partial charge is 0.233 e. The predicted octanol–water partition coefficient (Wildman–Crippen LogP) is 3.18. The van der Waals surface area contributed by atoms with Gasteiger partial charge in [-0.3, -0.25) is 0 Å². The van der Waals surface area contributed by atoms with E-state index in [-0.39, 0.29) is 0 Å². The van der Waals surface area contributed by atoms with E-state index in [0.717, 1.165) is 49.9 Å². The zero-order valence-corrected chi connectivity index (χ0v) is 12.9. The Morgan fingerprint density at radius 3 is 2.50 bits per heavy atom. The highest BCUT2D eigenvalue weighted by molar-refractivity contribution is 5.12. The van der Waals surface area contributed by atoms with E-state index in [1.165, 1.54) is 6.42 Å². The van der Waals surface area contributed by atoms with Crippen LogP contribution in [-0.4, -0.2) is 22.8 Å². The minimum absolute atomic E-state index is 0.298. The molecule has 1 aromatic rings. The van der Waals surface area contributed by atoms with Gasteiger partial charge in [-0.2, -0.15) is 5.10 Å². The number of nitrogens with zero attached hydrogens (tertiary/aromatic N) is 2. The molecule has 0 aromatic carbocycles. The second kappa shape index (κ2) is 7.58. The monoisotopic (exact) mass is 277 g/mol. The molecule has 1 heterocycles. The van der Waals surface area contributed by atoms with Crippen molar-refractivity contribution in [2.45, 2.75) is 59.1 Å². The fourth-order valence-electron chi connectivity index (χ4n) is 3.04. The first kappa shape index (κ1) is 15.2. The summed E-state index contributed by atoms with van der Waals surface area (Å²) in [5, 5.41) is 11.7. The highest BCUT2D eigenvalue weighted by Gasteiger charge is 2.25. The zero-order valence-electron chi connectivity index (χ0n) is 12.9. The number of nitrogens with one attached hydrogen (secondary N) is 1. The minimum atomic E-state index is 0.298. The van der Waals surface area contributed by atoms with Gasteiger partial charge in [-0.15, -0.1) is 5.10 Å². The van der Waals surface area contributed by atoms with Crippen LogP contribution in [-0.2, 0) is 6.54 Å². The average molecular weight is 277 g/mol. The van der Waals surface area contributed by atoms with Crippen LogP contribution >= 0.6 is 0 Å². The van der Waals surface area contributed by atoms with Crippen LogP contribution in [0.5, 0.6) is 5.88 Å². The molecule has 1 aromatic heterocycles. The third-order valence-corrected chi connectivity index (χ3v) is 3.85. The van der Waals surface area contributed by atoms with Gasteiger partial charge in [0.1, 0.15) is 6.10 Å². The van der Waals surface area contributed by atoms with Gasteiger partial charge in [0.05, 0.1) is 5.69 Å². The SMILES string of the molecule is CCCNCc1ccc(OC2CC(C)CC(C)C2)nn1. The molecule has 4 nitrogen and oxygen atoms in total. The molecular formula is C16H27N3O. The summed E-state index contributed by atoms with van der Waals surface area (Å²) >= 11 is 0. The Morgan fingerprint density at radius 2 is 1.90 bits per heavy atom. The molecule has 2 rings (SSSR count). The molecule has 0 radical (unpaired) electrons. The minimum Gasteiger partial charge on any atom is -0.473 e. The molecular weight excluding hydrogens is 250 g/mol. The molecule has 0 spiro atoms. The van der Waals surface area contributed by atoms with E-state index in [9.17, 15) is 0 Å². The maximum Gasteiger partial charge on any atom is 0.233 e. The van der Waals surface area contributed by atoms with Crippen LogP contribution in [0.3, 0.4) is 0 Å². The highest BCUT2D eigenvalue weighted by Crippen LogP contribution is 2.30. The maximum absolute atomic E-state index is 5.98. The molecule has 112 valence electrons. The quantitative estimate of drug-likeness (QED) is 0.811. The summed E-state index contributed by atoms with van der Waals surface area (Å²) in [7, 11) is 0. The number of ether oxygens (including phenoxy) is 1. The largest absolute Gasteiger partial charge is 0.473 e. The lowest BCUT2D eigenvalue weighted by Gasteiger charge is -2.31. The maximum atomic E-state index is 5.98. The third kappa shape index (κ3) is 4.75. The number of hydrogen-bond acceptors (Lipinski definition) is 4. The molecule has 1 fully saturated rings. The van der Waals surface area contributed by atoms with Crippen molar-refractivity contribution in [1.29, 1.82) is 0 Å². The number of hydrogen-bond donors (Lipinski definition) is 1. The van der Waals surface area contributed by atoms with E-state index < -0.39 is 0 Å². The Bertz CT molecular complexity index is 383. The Balaban J connectivity index is 1.83. The lowest BCUT2D eigenvalue weighted by atomic mass is 9.82. The Kier molecular flexibility index (Phi) is 5.77. The first-order valence-electron chi connectivity index (χ1n) is 7.87. The van der Waals surface area contributed by atoms with Crippen LogP contribution in [0.4, 0.5) is 0 Å². The molecule has 1 aliphatic rings. The first-order chi connectivity index (χ1) is 9.67. The van der Waals surface area contributed by atoms with Gasteiger partial charge < -0.3 is 10.1 Å². The fourth-order valence-corrected chi connectivity index (χ4v) is 3.04. The lowest BCUT2D eigenvalue weighted by molar-refractivity contribution is 0.0956. The van der Waals surface area contributed by atoms with Gasteiger partial charge in [0.2, 0.25) is 5.88 Å². The van der Waals surface area contributed by atoms with Crippen LogP contribution in [0.2, 0.25) is 0 Å². The van der Waals surface area contributed by atoms with E-state index in [1.54, 1.807) is 0 Å². The summed E-state index contributed by atoms with van der Waals surface area (Å²) in [6, 6.07) is 3.95. The van der Waals surface area contributed by atoms with Gasteiger partial charge in [0.25, 0.3) is 0 Å². The molecule has 20 heavy (non-hydrogen) atoms. The van der Waals surface area contributed by atoms with Crippen molar-refractivity contribution in [3.05, 3.63) is 17.8 Å². The topological polar surface area (TPSA) is 47.0 Å². The van der Waals surface area contributed by atoms with Gasteiger partial charge in [-0.05, 0) is 50.1 Å². The van der Waals surface area contributed by atoms with Crippen molar-refractivity contribution in [3.8, 4) is 5.88 Å². The highest BCUT2D eigenvalue weighted by atomic mass is 16.5. The van der Waals surface area contributed by atoms with E-state index in [4.69, 9.17) is 4.74 Å². The van der Waals surface area contributed by atoms with Gasteiger partial charge >= 0.3 is 0 Å². The summed E-state index contributed by atoms with van der Waals surface area (Å²) < 4.78 is 5.98. The van der Waals surface area contributed by atoms with Crippen molar-refractivity contribution in [2.24, 2.45) is 11.8 Å². The summed E-state index contributed by atoms with van der Waals surface area (Å²) in [6.07, 6.45) is 5.00. The number of aromatic nitrogens is 2. The average Bonchev–Trinajstić information content (AvgIpc) is 2.40. The Labute approximate surface area is 122 Å². The van der Waals surface area contributed by atoms with Crippen LogP contribution in [0, 0.1) is 11.8 Å². The molecule has 0 aliphatic heterocycles. The zero-order chi connectivity index (χ0) is 14.4. The molecule has 2 unspecified atom stereocenters. The van der Waals surface area contributed by atoms with Crippen molar-refractivity contribution < 1.29 is 4.74 Å². The van der Waals surface area contributed by atoms with Gasteiger partial charge in [-0.1, -0.05) is 20.8 Å². The van der Waals surface area contributed by atoms with Crippen molar-refractivity contribution in [1.82, 2.24) is 15.5 Å². The normalized spacial score (nSPS) is 26.4. The number of rotatable bonds is 6. The van der Waals surface area contributed by atoms with E-state index in [2.05, 4.69) is 36.3 Å². The first-order valence-corrected chi connectivity index (χ1v) is 7.87. The van der Waals surface area contributed by atoms with E-state index in [1.807, 2.05) is 12.1 Å². The second-order valence-corrected chi connectivity index (χ2v) is 6.20. The molecule has 4 heteroatoms. The summed E-state index contributed by atoms with van der Waals surface area (Å²) in [4.78, 5) is 0. The predicted molar refractivity (Wildman–Crippen MR) is 80.6 cm³/mol. The van der Waals surface area contributed by atoms with Crippen molar-refractivity contribution in [3.63, 3.8) is 0 Å².